The second-order valence-electron chi connectivity index (χ2n) is 9.02. The number of aromatic nitrogens is 2. The molecule has 3 nitrogen and oxygen atoms in total. The van der Waals surface area contributed by atoms with E-state index in [0.29, 0.717) is 5.41 Å². The van der Waals surface area contributed by atoms with Crippen LogP contribution in [0.15, 0.2) is 67.1 Å². The lowest BCUT2D eigenvalue weighted by molar-refractivity contribution is 0.144. The highest BCUT2D eigenvalue weighted by Gasteiger charge is 2.24. The number of hydrogen-bond donors (Lipinski definition) is 0. The average Bonchev–Trinajstić information content (AvgIpc) is 2.80. The average molecular weight is 442 g/mol. The first-order valence-corrected chi connectivity index (χ1v) is 11.4. The molecule has 32 heavy (non-hydrogen) atoms. The second-order valence-corrected chi connectivity index (χ2v) is 9.46. The number of rotatable bonds is 4. The van der Waals surface area contributed by atoms with Crippen molar-refractivity contribution in [2.45, 2.75) is 26.7 Å². The highest BCUT2D eigenvalue weighted by atomic mass is 35.5. The molecule has 0 bridgehead atoms. The minimum atomic E-state index is 0.481. The third kappa shape index (κ3) is 6.07. The van der Waals surface area contributed by atoms with E-state index in [1.807, 2.05) is 61.1 Å². The van der Waals surface area contributed by atoms with E-state index >= 15 is 0 Å². The lowest BCUT2D eigenvalue weighted by Crippen LogP contribution is -2.37. The highest BCUT2D eigenvalue weighted by Crippen LogP contribution is 2.29. The molecular formula is C28H28ClN3. The molecule has 0 radical (unpaired) electrons. The number of benzene rings is 1. The van der Waals surface area contributed by atoms with Gasteiger partial charge in [-0.3, -0.25) is 9.88 Å². The summed E-state index contributed by atoms with van der Waals surface area (Å²) in [4.78, 5) is 11.3. The molecule has 2 aromatic heterocycles. The van der Waals surface area contributed by atoms with Crippen molar-refractivity contribution in [2.75, 3.05) is 19.6 Å². The smallest absolute Gasteiger partial charge is 0.113 e. The predicted molar refractivity (Wildman–Crippen MR) is 133 cm³/mol. The van der Waals surface area contributed by atoms with Crippen molar-refractivity contribution in [3.63, 3.8) is 0 Å². The maximum Gasteiger partial charge on any atom is 0.113 e. The fourth-order valence-corrected chi connectivity index (χ4v) is 3.86. The number of pyridine rings is 2. The molecule has 0 unspecified atom stereocenters. The third-order valence-electron chi connectivity index (χ3n) is 5.99. The first-order valence-electron chi connectivity index (χ1n) is 11.1. The number of likely N-dealkylation sites (tertiary alicyclic amines) is 1. The highest BCUT2D eigenvalue weighted by molar-refractivity contribution is 6.30. The molecule has 4 heteroatoms. The van der Waals surface area contributed by atoms with E-state index in [-0.39, 0.29) is 0 Å². The fraction of sp³-hybridized carbons (Fsp3) is 0.286. The molecule has 0 N–H and O–H groups in total. The molecule has 162 valence electrons. The van der Waals surface area contributed by atoms with Crippen LogP contribution in [0, 0.1) is 17.3 Å². The van der Waals surface area contributed by atoms with Crippen LogP contribution in [0.5, 0.6) is 0 Å². The molecule has 4 rings (SSSR count). The van der Waals surface area contributed by atoms with Crippen LogP contribution in [0.3, 0.4) is 0 Å². The van der Waals surface area contributed by atoms with Crippen LogP contribution in [0.1, 0.15) is 43.5 Å². The van der Waals surface area contributed by atoms with Gasteiger partial charge >= 0.3 is 0 Å². The first kappa shape index (κ1) is 22.3. The van der Waals surface area contributed by atoms with Gasteiger partial charge in [0.05, 0.1) is 5.56 Å². The summed E-state index contributed by atoms with van der Waals surface area (Å²) in [6, 6.07) is 13.7. The van der Waals surface area contributed by atoms with Crippen LogP contribution in [0.25, 0.3) is 17.2 Å². The Morgan fingerprint density at radius 2 is 1.72 bits per heavy atom. The summed E-state index contributed by atoms with van der Waals surface area (Å²) < 4.78 is 0. The van der Waals surface area contributed by atoms with E-state index in [2.05, 4.69) is 52.7 Å². The SMILES string of the molecule is CC1(C)CCN(CC=Cc2ccncc2C#Cc2ccc(-c3ccc(Cl)cc3)cn2)CC1. The Labute approximate surface area is 196 Å². The van der Waals surface area contributed by atoms with E-state index in [0.717, 1.165) is 52.6 Å². The summed E-state index contributed by atoms with van der Waals surface area (Å²) in [6.07, 6.45) is 12.4. The molecule has 1 aliphatic rings. The minimum Gasteiger partial charge on any atom is -0.300 e. The van der Waals surface area contributed by atoms with Gasteiger partial charge in [-0.25, -0.2) is 4.98 Å². The first-order chi connectivity index (χ1) is 15.5. The molecule has 3 aromatic rings. The van der Waals surface area contributed by atoms with Gasteiger partial charge in [-0.15, -0.1) is 0 Å². The minimum absolute atomic E-state index is 0.481. The van der Waals surface area contributed by atoms with E-state index in [4.69, 9.17) is 11.6 Å². The van der Waals surface area contributed by atoms with E-state index in [1.165, 1.54) is 12.8 Å². The van der Waals surface area contributed by atoms with Gasteiger partial charge in [-0.1, -0.05) is 61.7 Å². The molecular weight excluding hydrogens is 414 g/mol. The molecule has 0 spiro atoms. The summed E-state index contributed by atoms with van der Waals surface area (Å²) >= 11 is 5.97. The van der Waals surface area contributed by atoms with Crippen molar-refractivity contribution >= 4 is 17.7 Å². The number of hydrogen-bond acceptors (Lipinski definition) is 3. The Balaban J connectivity index is 1.42. The van der Waals surface area contributed by atoms with Crippen LogP contribution >= 0.6 is 11.6 Å². The van der Waals surface area contributed by atoms with Crippen molar-refractivity contribution in [1.82, 2.24) is 14.9 Å². The van der Waals surface area contributed by atoms with Crippen LogP contribution in [0.4, 0.5) is 0 Å². The zero-order valence-electron chi connectivity index (χ0n) is 18.7. The van der Waals surface area contributed by atoms with Gasteiger partial charge in [0.15, 0.2) is 0 Å². The molecule has 1 fully saturated rings. The molecule has 1 saturated heterocycles. The van der Waals surface area contributed by atoms with E-state index < -0.39 is 0 Å². The molecule has 0 atom stereocenters. The number of piperidine rings is 1. The standard InChI is InChI=1S/C28H28ClN3/c1-28(2)14-18-32(19-15-28)17-3-4-22-13-16-30-20-24(22)7-11-27-12-8-25(21-31-27)23-5-9-26(29)10-6-23/h3-6,8-10,12-13,16,20-21H,14-15,17-19H2,1-2H3. The van der Waals surface area contributed by atoms with Gasteiger partial charge in [0, 0.05) is 35.7 Å². The Bertz CT molecular complexity index is 1130. The quantitative estimate of drug-likeness (QED) is 0.443. The van der Waals surface area contributed by atoms with Crippen LogP contribution in [-0.4, -0.2) is 34.5 Å². The lowest BCUT2D eigenvalue weighted by Gasteiger charge is -2.36. The molecule has 1 aliphatic heterocycles. The van der Waals surface area contributed by atoms with Crippen molar-refractivity contribution in [3.05, 3.63) is 89.0 Å². The zero-order chi connectivity index (χ0) is 22.4. The predicted octanol–water partition coefficient (Wildman–Crippen LogP) is 6.33. The van der Waals surface area contributed by atoms with Crippen molar-refractivity contribution < 1.29 is 0 Å². The van der Waals surface area contributed by atoms with Crippen molar-refractivity contribution in [3.8, 4) is 23.0 Å². The Morgan fingerprint density at radius 3 is 2.44 bits per heavy atom. The third-order valence-corrected chi connectivity index (χ3v) is 6.24. The summed E-state index contributed by atoms with van der Waals surface area (Å²) in [5, 5.41) is 0.727. The van der Waals surface area contributed by atoms with Gasteiger partial charge in [-0.05, 0) is 72.7 Å². The zero-order valence-corrected chi connectivity index (χ0v) is 19.4. The monoisotopic (exact) mass is 441 g/mol. The molecule has 0 amide bonds. The van der Waals surface area contributed by atoms with Gasteiger partial charge < -0.3 is 0 Å². The summed E-state index contributed by atoms with van der Waals surface area (Å²) in [5.74, 6) is 6.41. The van der Waals surface area contributed by atoms with Gasteiger partial charge in [0.1, 0.15) is 5.69 Å². The van der Waals surface area contributed by atoms with Crippen molar-refractivity contribution in [1.29, 1.82) is 0 Å². The Kier molecular flexibility index (Phi) is 7.05. The maximum atomic E-state index is 5.97. The summed E-state index contributed by atoms with van der Waals surface area (Å²) in [7, 11) is 0. The Morgan fingerprint density at radius 1 is 0.969 bits per heavy atom. The van der Waals surface area contributed by atoms with Crippen molar-refractivity contribution in [2.24, 2.45) is 5.41 Å². The molecule has 0 aliphatic carbocycles. The van der Waals surface area contributed by atoms with Gasteiger partial charge in [0.2, 0.25) is 0 Å². The maximum absolute atomic E-state index is 5.97. The number of halogens is 1. The lowest BCUT2D eigenvalue weighted by atomic mass is 9.83. The summed E-state index contributed by atoms with van der Waals surface area (Å²) in [5.41, 5.74) is 5.33. The summed E-state index contributed by atoms with van der Waals surface area (Å²) in [6.45, 7) is 8.03. The topological polar surface area (TPSA) is 29.0 Å². The Hall–Kier alpha value is -2.93. The molecule has 0 saturated carbocycles. The van der Waals surface area contributed by atoms with Crippen LogP contribution < -0.4 is 0 Å². The normalized spacial score (nSPS) is 16.0. The van der Waals surface area contributed by atoms with Gasteiger partial charge in [-0.2, -0.15) is 0 Å². The van der Waals surface area contributed by atoms with Gasteiger partial charge in [0.25, 0.3) is 0 Å². The van der Waals surface area contributed by atoms with E-state index in [9.17, 15) is 0 Å². The molecule has 3 heterocycles. The second kappa shape index (κ2) is 10.1. The fourth-order valence-electron chi connectivity index (χ4n) is 3.74. The number of nitrogens with zero attached hydrogens (tertiary/aromatic N) is 3. The van der Waals surface area contributed by atoms with E-state index in [1.54, 1.807) is 0 Å². The molecule has 1 aromatic carbocycles. The van der Waals surface area contributed by atoms with Crippen LogP contribution in [-0.2, 0) is 0 Å². The van der Waals surface area contributed by atoms with Crippen LogP contribution in [0.2, 0.25) is 5.02 Å². The largest absolute Gasteiger partial charge is 0.300 e.